The molecule has 0 aromatic carbocycles. The second-order valence-electron chi connectivity index (χ2n) is 10.0. The first-order valence-electron chi connectivity index (χ1n) is 13.5. The topological polar surface area (TPSA) is 176 Å². The van der Waals surface area contributed by atoms with Crippen molar-refractivity contribution in [3.8, 4) is 0 Å². The van der Waals surface area contributed by atoms with Crippen molar-refractivity contribution in [3.63, 3.8) is 0 Å². The quantitative estimate of drug-likeness (QED) is 0.123. The van der Waals surface area contributed by atoms with E-state index in [2.05, 4.69) is 37.7 Å². The third-order valence-corrected chi connectivity index (χ3v) is 7.63. The molecule has 13 heteroatoms. The predicted octanol–water partition coefficient (Wildman–Crippen LogP) is 1.51. The molecule has 2 aromatic rings. The Kier molecular flexibility index (Phi) is 12.0. The van der Waals surface area contributed by atoms with Crippen LogP contribution in [0.25, 0.3) is 0 Å². The second-order valence-corrected chi connectivity index (χ2v) is 12.3. The van der Waals surface area contributed by atoms with Gasteiger partial charge >= 0.3 is 0 Å². The number of aromatic nitrogens is 3. The SMILES string of the molecule is CS(=O)(=O)CCN(CCCCc1ccc2c(n1)NCCC2)CCC(C=O)(CO)Nc1cc(N=CC=CN)ncn1. The lowest BCUT2D eigenvalue weighted by molar-refractivity contribution is -0.113. The van der Waals surface area contributed by atoms with Crippen molar-refractivity contribution in [3.05, 3.63) is 48.1 Å². The maximum atomic E-state index is 12.2. The number of sulfone groups is 1. The Bertz CT molecular complexity index is 1270. The van der Waals surface area contributed by atoms with Gasteiger partial charge in [-0.3, -0.25) is 0 Å². The molecule has 2 aromatic heterocycles. The number of aldehydes is 1. The highest BCUT2D eigenvalue weighted by molar-refractivity contribution is 7.90. The molecule has 1 aliphatic rings. The van der Waals surface area contributed by atoms with Gasteiger partial charge in [-0.05, 0) is 69.0 Å². The number of aliphatic hydroxyl groups is 1. The summed E-state index contributed by atoms with van der Waals surface area (Å²) in [6.45, 7) is 1.87. The number of nitrogens with zero attached hydrogens (tertiary/aromatic N) is 5. The number of fused-ring (bicyclic) bond motifs is 1. The molecule has 0 amide bonds. The molecule has 3 heterocycles. The first-order valence-corrected chi connectivity index (χ1v) is 15.5. The van der Waals surface area contributed by atoms with E-state index in [9.17, 15) is 18.3 Å². The van der Waals surface area contributed by atoms with E-state index in [0.717, 1.165) is 50.2 Å². The summed E-state index contributed by atoms with van der Waals surface area (Å²) in [6, 6.07) is 5.78. The molecule has 0 saturated heterocycles. The first-order chi connectivity index (χ1) is 19.3. The standard InChI is InChI=1S/C27H40N8O4S/c1-40(38,39)17-16-35(14-3-2-7-23-9-8-22-6-4-12-30-26(22)33-23)15-10-27(19-36,20-37)34-25-18-24(31-21-32-25)29-13-5-11-28/h5,8-9,11,13,18-19,21,37H,2-4,6-7,10,12,14-17,20,28H2,1H3,(H,30,33)(H,31,32,34). The fourth-order valence-corrected chi connectivity index (χ4v) is 4.94. The lowest BCUT2D eigenvalue weighted by Gasteiger charge is -2.31. The number of hydrogen-bond acceptors (Lipinski definition) is 12. The number of allylic oxidation sites excluding steroid dienone is 1. The molecule has 0 fully saturated rings. The van der Waals surface area contributed by atoms with Gasteiger partial charge in [-0.2, -0.15) is 0 Å². The number of unbranched alkanes of at least 4 members (excludes halogenated alkanes) is 1. The molecule has 5 N–H and O–H groups in total. The molecular formula is C27H40N8O4S. The molecular weight excluding hydrogens is 532 g/mol. The maximum Gasteiger partial charge on any atom is 0.157 e. The number of aliphatic imine (C=N–C) groups is 1. The van der Waals surface area contributed by atoms with Crippen molar-refractivity contribution in [2.24, 2.45) is 10.7 Å². The minimum Gasteiger partial charge on any atom is -0.405 e. The van der Waals surface area contributed by atoms with Crippen LogP contribution >= 0.6 is 0 Å². The molecule has 0 spiro atoms. The molecule has 218 valence electrons. The number of nitrogens with one attached hydrogen (secondary N) is 2. The summed E-state index contributed by atoms with van der Waals surface area (Å²) in [6.07, 6.45) is 12.5. The zero-order valence-electron chi connectivity index (χ0n) is 23.0. The number of carbonyl (C=O) groups is 1. The Morgan fingerprint density at radius 2 is 2.10 bits per heavy atom. The number of anilines is 2. The van der Waals surface area contributed by atoms with Crippen LogP contribution in [0.15, 0.2) is 41.8 Å². The number of nitrogens with two attached hydrogens (primary N) is 1. The normalized spacial score (nSPS) is 15.2. The highest BCUT2D eigenvalue weighted by Crippen LogP contribution is 2.21. The monoisotopic (exact) mass is 572 g/mol. The average Bonchev–Trinajstić information content (AvgIpc) is 2.95. The van der Waals surface area contributed by atoms with Crippen LogP contribution in [0.5, 0.6) is 0 Å². The molecule has 40 heavy (non-hydrogen) atoms. The maximum absolute atomic E-state index is 12.2. The van der Waals surface area contributed by atoms with Crippen LogP contribution in [0.3, 0.4) is 0 Å². The van der Waals surface area contributed by atoms with Crippen molar-refractivity contribution in [2.45, 2.75) is 44.1 Å². The van der Waals surface area contributed by atoms with Crippen LogP contribution in [0, 0.1) is 0 Å². The van der Waals surface area contributed by atoms with E-state index in [1.54, 1.807) is 12.1 Å². The van der Waals surface area contributed by atoms with Crippen LogP contribution in [-0.4, -0.2) is 96.2 Å². The van der Waals surface area contributed by atoms with Crippen molar-refractivity contribution in [1.29, 1.82) is 0 Å². The molecule has 1 atom stereocenters. The summed E-state index contributed by atoms with van der Waals surface area (Å²) in [5, 5.41) is 16.5. The molecule has 0 radical (unpaired) electrons. The summed E-state index contributed by atoms with van der Waals surface area (Å²) >= 11 is 0. The van der Waals surface area contributed by atoms with Crippen molar-refractivity contribution >= 4 is 39.8 Å². The van der Waals surface area contributed by atoms with E-state index in [0.29, 0.717) is 37.6 Å². The molecule has 1 aliphatic heterocycles. The van der Waals surface area contributed by atoms with Crippen LogP contribution in [-0.2, 0) is 27.5 Å². The molecule has 0 aliphatic carbocycles. The molecule has 0 bridgehead atoms. The summed E-state index contributed by atoms with van der Waals surface area (Å²) in [5.41, 5.74) is 6.29. The fourth-order valence-electron chi connectivity index (χ4n) is 4.35. The minimum absolute atomic E-state index is 0.0101. The molecule has 3 rings (SSSR count). The Balaban J connectivity index is 1.60. The minimum atomic E-state index is -3.17. The highest BCUT2D eigenvalue weighted by Gasteiger charge is 2.30. The predicted molar refractivity (Wildman–Crippen MR) is 158 cm³/mol. The zero-order valence-corrected chi connectivity index (χ0v) is 23.8. The van der Waals surface area contributed by atoms with Crippen LogP contribution in [0.2, 0.25) is 0 Å². The Morgan fingerprint density at radius 3 is 2.85 bits per heavy atom. The number of pyridine rings is 1. The Morgan fingerprint density at radius 1 is 1.25 bits per heavy atom. The number of carbonyl (C=O) groups excluding carboxylic acids is 1. The Hall–Kier alpha value is -3.42. The Labute approximate surface area is 236 Å². The van der Waals surface area contributed by atoms with Gasteiger partial charge in [0.2, 0.25) is 0 Å². The van der Waals surface area contributed by atoms with E-state index in [1.165, 1.54) is 30.6 Å². The smallest absolute Gasteiger partial charge is 0.157 e. The van der Waals surface area contributed by atoms with Crippen LogP contribution in [0.4, 0.5) is 17.5 Å². The first kappa shape index (κ1) is 31.1. The van der Waals surface area contributed by atoms with E-state index >= 15 is 0 Å². The lowest BCUT2D eigenvalue weighted by atomic mass is 9.97. The molecule has 0 saturated carbocycles. The lowest BCUT2D eigenvalue weighted by Crippen LogP contribution is -2.47. The van der Waals surface area contributed by atoms with E-state index in [-0.39, 0.29) is 12.2 Å². The van der Waals surface area contributed by atoms with Gasteiger partial charge in [-0.15, -0.1) is 0 Å². The van der Waals surface area contributed by atoms with Gasteiger partial charge in [0.1, 0.15) is 39.6 Å². The summed E-state index contributed by atoms with van der Waals surface area (Å²) in [5.74, 6) is 1.67. The molecule has 12 nitrogen and oxygen atoms in total. The third kappa shape index (κ3) is 10.3. The number of aryl methyl sites for hydroxylation is 2. The van der Waals surface area contributed by atoms with Gasteiger partial charge in [0.05, 0.1) is 12.4 Å². The fraction of sp³-hybridized carbons (Fsp3) is 0.519. The van der Waals surface area contributed by atoms with Crippen LogP contribution in [0.1, 0.15) is 36.9 Å². The van der Waals surface area contributed by atoms with E-state index in [1.807, 2.05) is 4.90 Å². The second kappa shape index (κ2) is 15.4. The largest absolute Gasteiger partial charge is 0.405 e. The van der Waals surface area contributed by atoms with Crippen molar-refractivity contribution in [2.75, 3.05) is 55.4 Å². The third-order valence-electron chi connectivity index (χ3n) is 6.70. The average molecular weight is 573 g/mol. The highest BCUT2D eigenvalue weighted by atomic mass is 32.2. The van der Waals surface area contributed by atoms with Gasteiger partial charge in [-0.25, -0.2) is 28.4 Å². The van der Waals surface area contributed by atoms with E-state index < -0.39 is 22.0 Å². The summed E-state index contributed by atoms with van der Waals surface area (Å²) in [7, 11) is -3.17. The van der Waals surface area contributed by atoms with E-state index in [4.69, 9.17) is 10.7 Å². The van der Waals surface area contributed by atoms with Gasteiger partial charge in [0.15, 0.2) is 5.82 Å². The van der Waals surface area contributed by atoms with Gasteiger partial charge in [0, 0.05) is 43.9 Å². The summed E-state index contributed by atoms with van der Waals surface area (Å²) < 4.78 is 23.7. The van der Waals surface area contributed by atoms with Crippen LogP contribution < -0.4 is 16.4 Å². The molecule has 1 unspecified atom stereocenters. The number of hydrogen-bond donors (Lipinski definition) is 4. The number of aliphatic hydroxyl groups excluding tert-OH is 1. The van der Waals surface area contributed by atoms with Gasteiger partial charge < -0.3 is 31.2 Å². The van der Waals surface area contributed by atoms with Gasteiger partial charge in [0.25, 0.3) is 0 Å². The van der Waals surface area contributed by atoms with Crippen molar-refractivity contribution in [1.82, 2.24) is 19.9 Å². The zero-order chi connectivity index (χ0) is 28.8. The van der Waals surface area contributed by atoms with Gasteiger partial charge in [-0.1, -0.05) is 6.07 Å². The number of rotatable bonds is 17. The summed E-state index contributed by atoms with van der Waals surface area (Å²) in [4.78, 5) is 31.3. The van der Waals surface area contributed by atoms with Crippen molar-refractivity contribution < 1.29 is 18.3 Å².